The van der Waals surface area contributed by atoms with E-state index in [2.05, 4.69) is 15.5 Å². The topological polar surface area (TPSA) is 79.9 Å². The number of likely N-dealkylation sites (tertiary alicyclic amines) is 1. The van der Waals surface area contributed by atoms with Crippen LogP contribution in [0.15, 0.2) is 18.2 Å². The molecule has 2 heterocycles. The number of hydrogen-bond donors (Lipinski definition) is 2. The number of urea groups is 1. The zero-order chi connectivity index (χ0) is 17.2. The maximum absolute atomic E-state index is 12.2. The monoisotopic (exact) mass is 345 g/mol. The van der Waals surface area contributed by atoms with Crippen LogP contribution in [0.1, 0.15) is 37.3 Å². The van der Waals surface area contributed by atoms with Gasteiger partial charge in [-0.1, -0.05) is 6.07 Å². The van der Waals surface area contributed by atoms with Crippen LogP contribution in [-0.4, -0.2) is 49.2 Å². The van der Waals surface area contributed by atoms with Gasteiger partial charge < -0.3 is 14.8 Å². The van der Waals surface area contributed by atoms with Gasteiger partial charge in [0.05, 0.1) is 6.54 Å². The summed E-state index contributed by atoms with van der Waals surface area (Å²) in [5, 5.41) is 5.19. The molecular formula is C18H23N3O4. The van der Waals surface area contributed by atoms with Crippen molar-refractivity contribution in [3.05, 3.63) is 23.8 Å². The summed E-state index contributed by atoms with van der Waals surface area (Å²) >= 11 is 0. The van der Waals surface area contributed by atoms with Crippen LogP contribution in [-0.2, 0) is 4.79 Å². The van der Waals surface area contributed by atoms with Crippen LogP contribution in [0.5, 0.6) is 11.5 Å². The molecule has 1 atom stereocenters. The van der Waals surface area contributed by atoms with Crippen LogP contribution in [0.2, 0.25) is 0 Å². The highest BCUT2D eigenvalue weighted by atomic mass is 16.6. The molecule has 7 heteroatoms. The third-order valence-electron chi connectivity index (χ3n) is 4.83. The molecule has 0 spiro atoms. The first kappa shape index (κ1) is 16.2. The second-order valence-electron chi connectivity index (χ2n) is 6.83. The second kappa shape index (κ2) is 6.92. The number of benzene rings is 1. The van der Waals surface area contributed by atoms with Crippen molar-refractivity contribution in [2.75, 3.05) is 26.3 Å². The summed E-state index contributed by atoms with van der Waals surface area (Å²) in [4.78, 5) is 26.0. The largest absolute Gasteiger partial charge is 0.486 e. The number of nitrogens with zero attached hydrogens (tertiary/aromatic N) is 1. The minimum Gasteiger partial charge on any atom is -0.486 e. The lowest BCUT2D eigenvalue weighted by Crippen LogP contribution is -2.45. The average Bonchev–Trinajstić information content (AvgIpc) is 3.29. The Labute approximate surface area is 146 Å². The minimum atomic E-state index is -0.387. The van der Waals surface area contributed by atoms with E-state index in [9.17, 15) is 9.59 Å². The molecule has 0 unspecified atom stereocenters. The number of rotatable bonds is 4. The first-order chi connectivity index (χ1) is 12.2. The van der Waals surface area contributed by atoms with Crippen molar-refractivity contribution in [3.8, 4) is 11.5 Å². The van der Waals surface area contributed by atoms with E-state index in [0.29, 0.717) is 13.2 Å². The highest BCUT2D eigenvalue weighted by molar-refractivity contribution is 5.95. The number of imide groups is 1. The van der Waals surface area contributed by atoms with Crippen LogP contribution < -0.4 is 20.1 Å². The molecule has 2 N–H and O–H groups in total. The highest BCUT2D eigenvalue weighted by Crippen LogP contribution is 2.37. The zero-order valence-electron chi connectivity index (χ0n) is 14.1. The smallest absolute Gasteiger partial charge is 0.321 e. The Bertz CT molecular complexity index is 674. The van der Waals surface area contributed by atoms with Crippen molar-refractivity contribution in [3.63, 3.8) is 0 Å². The van der Waals surface area contributed by atoms with Gasteiger partial charge in [-0.3, -0.25) is 15.0 Å². The summed E-state index contributed by atoms with van der Waals surface area (Å²) in [6.07, 6.45) is 4.02. The lowest BCUT2D eigenvalue weighted by Gasteiger charge is -2.26. The van der Waals surface area contributed by atoms with Gasteiger partial charge in [-0.15, -0.1) is 0 Å². The van der Waals surface area contributed by atoms with E-state index < -0.39 is 0 Å². The molecule has 1 aromatic carbocycles. The molecule has 2 aliphatic heterocycles. The van der Waals surface area contributed by atoms with Crippen molar-refractivity contribution in [1.29, 1.82) is 0 Å². The van der Waals surface area contributed by atoms with E-state index in [4.69, 9.17) is 9.47 Å². The molecule has 2 fully saturated rings. The van der Waals surface area contributed by atoms with Gasteiger partial charge in [-0.25, -0.2) is 4.79 Å². The third kappa shape index (κ3) is 3.87. The number of nitrogens with one attached hydrogen (secondary N) is 2. The van der Waals surface area contributed by atoms with Gasteiger partial charge in [0.25, 0.3) is 0 Å². The van der Waals surface area contributed by atoms with E-state index in [1.54, 1.807) is 0 Å². The molecule has 1 aliphatic carbocycles. The first-order valence-corrected chi connectivity index (χ1v) is 8.93. The average molecular weight is 345 g/mol. The SMILES string of the molecule is O=C(CN1CCC[C@@H]1c1ccc2c(c1)OCCO2)NC(=O)NC1CC1. The van der Waals surface area contributed by atoms with Crippen LogP contribution >= 0.6 is 0 Å². The van der Waals surface area contributed by atoms with Crippen molar-refractivity contribution < 1.29 is 19.1 Å². The van der Waals surface area contributed by atoms with Gasteiger partial charge in [0, 0.05) is 12.1 Å². The molecule has 0 bridgehead atoms. The van der Waals surface area contributed by atoms with Gasteiger partial charge in [0.15, 0.2) is 11.5 Å². The van der Waals surface area contributed by atoms with Gasteiger partial charge >= 0.3 is 6.03 Å². The van der Waals surface area contributed by atoms with Crippen molar-refractivity contribution in [2.45, 2.75) is 37.8 Å². The third-order valence-corrected chi connectivity index (χ3v) is 4.83. The Hall–Kier alpha value is -2.28. The van der Waals surface area contributed by atoms with E-state index in [1.807, 2.05) is 18.2 Å². The lowest BCUT2D eigenvalue weighted by molar-refractivity contribution is -0.121. The quantitative estimate of drug-likeness (QED) is 0.866. The van der Waals surface area contributed by atoms with Crippen molar-refractivity contribution >= 4 is 11.9 Å². The Morgan fingerprint density at radius 3 is 2.72 bits per heavy atom. The first-order valence-electron chi connectivity index (χ1n) is 8.93. The molecule has 1 aromatic rings. The van der Waals surface area contributed by atoms with E-state index >= 15 is 0 Å². The normalized spacial score (nSPS) is 22.5. The molecule has 25 heavy (non-hydrogen) atoms. The van der Waals surface area contributed by atoms with Crippen LogP contribution in [0.4, 0.5) is 4.79 Å². The number of carbonyl (C=O) groups excluding carboxylic acids is 2. The number of ether oxygens (including phenoxy) is 2. The molecular weight excluding hydrogens is 322 g/mol. The van der Waals surface area contributed by atoms with Crippen molar-refractivity contribution in [2.24, 2.45) is 0 Å². The molecule has 134 valence electrons. The highest BCUT2D eigenvalue weighted by Gasteiger charge is 2.30. The standard InChI is InChI=1S/C18H23N3O4/c22-17(20-18(23)19-13-4-5-13)11-21-7-1-2-14(21)12-3-6-15-16(10-12)25-9-8-24-15/h3,6,10,13-14H,1-2,4-5,7-9,11H2,(H2,19,20,22,23)/t14-/m1/s1. The van der Waals surface area contributed by atoms with Crippen LogP contribution in [0.3, 0.4) is 0 Å². The maximum Gasteiger partial charge on any atom is 0.321 e. The summed E-state index contributed by atoms with van der Waals surface area (Å²) in [5.41, 5.74) is 1.12. The summed E-state index contributed by atoms with van der Waals surface area (Å²) in [6, 6.07) is 5.99. The van der Waals surface area contributed by atoms with E-state index in [0.717, 1.165) is 49.3 Å². The molecule has 1 saturated heterocycles. The predicted molar refractivity (Wildman–Crippen MR) is 90.7 cm³/mol. The maximum atomic E-state index is 12.2. The fourth-order valence-corrected chi connectivity index (χ4v) is 3.46. The number of carbonyl (C=O) groups is 2. The molecule has 1 saturated carbocycles. The number of amides is 3. The second-order valence-corrected chi connectivity index (χ2v) is 6.83. The Kier molecular flexibility index (Phi) is 4.48. The Balaban J connectivity index is 1.38. The summed E-state index contributed by atoms with van der Waals surface area (Å²) in [6.45, 7) is 2.20. The van der Waals surface area contributed by atoms with Gasteiger partial charge in [0.2, 0.25) is 5.91 Å². The van der Waals surface area contributed by atoms with E-state index in [1.165, 1.54) is 0 Å². The van der Waals surface area contributed by atoms with Crippen molar-refractivity contribution in [1.82, 2.24) is 15.5 Å². The molecule has 7 nitrogen and oxygen atoms in total. The molecule has 4 rings (SSSR count). The van der Waals surface area contributed by atoms with Gasteiger partial charge in [-0.05, 0) is 49.9 Å². The summed E-state index contributed by atoms with van der Waals surface area (Å²) < 4.78 is 11.2. The molecule has 3 amide bonds. The van der Waals surface area contributed by atoms with Crippen LogP contribution in [0, 0.1) is 0 Å². The predicted octanol–water partition coefficient (Wildman–Crippen LogP) is 1.58. The number of hydrogen-bond acceptors (Lipinski definition) is 5. The number of fused-ring (bicyclic) bond motifs is 1. The fraction of sp³-hybridized carbons (Fsp3) is 0.556. The zero-order valence-corrected chi connectivity index (χ0v) is 14.1. The molecule has 0 aromatic heterocycles. The lowest BCUT2D eigenvalue weighted by atomic mass is 10.0. The van der Waals surface area contributed by atoms with E-state index in [-0.39, 0.29) is 30.6 Å². The van der Waals surface area contributed by atoms with Gasteiger partial charge in [0.1, 0.15) is 13.2 Å². The van der Waals surface area contributed by atoms with Crippen LogP contribution in [0.25, 0.3) is 0 Å². The summed E-state index contributed by atoms with van der Waals surface area (Å²) in [7, 11) is 0. The molecule has 3 aliphatic rings. The Morgan fingerprint density at radius 1 is 1.12 bits per heavy atom. The Morgan fingerprint density at radius 2 is 1.92 bits per heavy atom. The minimum absolute atomic E-state index is 0.160. The fourth-order valence-electron chi connectivity index (χ4n) is 3.46. The summed E-state index contributed by atoms with van der Waals surface area (Å²) in [5.74, 6) is 1.28. The molecule has 0 radical (unpaired) electrons. The van der Waals surface area contributed by atoms with Gasteiger partial charge in [-0.2, -0.15) is 0 Å².